The molecule has 0 fully saturated rings. The molecule has 0 aliphatic rings. The zero-order valence-electron chi connectivity index (χ0n) is 9.41. The smallest absolute Gasteiger partial charge is 0.321 e. The monoisotopic (exact) mass is 230 g/mol. The van der Waals surface area contributed by atoms with E-state index < -0.39 is 0 Å². The maximum absolute atomic E-state index is 8.74. The number of aryl methyl sites for hydroxylation is 1. The molecular weight excluding hydrogens is 216 g/mol. The summed E-state index contributed by atoms with van der Waals surface area (Å²) in [6.45, 7) is 0.218. The van der Waals surface area contributed by atoms with Crippen molar-refractivity contribution >= 4 is 0 Å². The summed E-state index contributed by atoms with van der Waals surface area (Å²) in [7, 11) is 0. The maximum atomic E-state index is 8.74. The molecule has 17 heavy (non-hydrogen) atoms. The quantitative estimate of drug-likeness (QED) is 0.855. The number of hydrogen-bond donors (Lipinski definition) is 1. The van der Waals surface area contributed by atoms with Crippen LogP contribution in [0.4, 0.5) is 0 Å². The van der Waals surface area contributed by atoms with Gasteiger partial charge in [-0.1, -0.05) is 12.1 Å². The van der Waals surface area contributed by atoms with Crippen molar-refractivity contribution < 1.29 is 9.84 Å². The summed E-state index contributed by atoms with van der Waals surface area (Å²) in [6.07, 6.45) is 4.93. The van der Waals surface area contributed by atoms with E-state index in [2.05, 4.69) is 9.97 Å². The topological polar surface area (TPSA) is 55.2 Å². The Labute approximate surface area is 99.9 Å². The van der Waals surface area contributed by atoms with Gasteiger partial charge >= 0.3 is 6.01 Å². The first-order chi connectivity index (χ1) is 8.38. The van der Waals surface area contributed by atoms with Gasteiger partial charge in [0.25, 0.3) is 0 Å². The highest BCUT2D eigenvalue weighted by atomic mass is 16.5. The van der Waals surface area contributed by atoms with Crippen molar-refractivity contribution in [2.75, 3.05) is 6.61 Å². The molecule has 1 aromatic heterocycles. The first-order valence-electron chi connectivity index (χ1n) is 5.53. The molecule has 1 aromatic carbocycles. The average molecular weight is 230 g/mol. The Bertz CT molecular complexity index is 443. The van der Waals surface area contributed by atoms with Gasteiger partial charge in [-0.05, 0) is 36.6 Å². The SMILES string of the molecule is OCCCc1ccc(Oc2ncccn2)cc1. The molecule has 1 heterocycles. The Morgan fingerprint density at radius 3 is 2.41 bits per heavy atom. The number of nitrogens with zero attached hydrogens (tertiary/aromatic N) is 2. The normalized spacial score (nSPS) is 10.2. The van der Waals surface area contributed by atoms with E-state index in [4.69, 9.17) is 9.84 Å². The molecule has 0 atom stereocenters. The summed E-state index contributed by atoms with van der Waals surface area (Å²) in [5.41, 5.74) is 1.18. The first kappa shape index (κ1) is 11.5. The Hall–Kier alpha value is -1.94. The van der Waals surface area contributed by atoms with Crippen LogP contribution in [0.25, 0.3) is 0 Å². The van der Waals surface area contributed by atoms with Gasteiger partial charge < -0.3 is 9.84 Å². The molecule has 0 saturated heterocycles. The number of benzene rings is 1. The van der Waals surface area contributed by atoms with Gasteiger partial charge in [0.1, 0.15) is 5.75 Å². The minimum absolute atomic E-state index is 0.218. The molecule has 0 aliphatic carbocycles. The summed E-state index contributed by atoms with van der Waals surface area (Å²) in [4.78, 5) is 7.96. The van der Waals surface area contributed by atoms with Gasteiger partial charge in [0.05, 0.1) is 0 Å². The van der Waals surface area contributed by atoms with E-state index >= 15 is 0 Å². The van der Waals surface area contributed by atoms with Crippen LogP contribution in [0.5, 0.6) is 11.8 Å². The molecule has 0 unspecified atom stereocenters. The molecule has 1 N–H and O–H groups in total. The van der Waals surface area contributed by atoms with Gasteiger partial charge in [0, 0.05) is 19.0 Å². The van der Waals surface area contributed by atoms with Crippen LogP contribution < -0.4 is 4.74 Å². The number of hydrogen-bond acceptors (Lipinski definition) is 4. The van der Waals surface area contributed by atoms with Crippen molar-refractivity contribution in [2.24, 2.45) is 0 Å². The van der Waals surface area contributed by atoms with Gasteiger partial charge in [-0.25, -0.2) is 9.97 Å². The molecule has 2 aromatic rings. The van der Waals surface area contributed by atoms with Crippen molar-refractivity contribution in [2.45, 2.75) is 12.8 Å². The fourth-order valence-electron chi connectivity index (χ4n) is 1.45. The van der Waals surface area contributed by atoms with Gasteiger partial charge in [0.15, 0.2) is 0 Å². The zero-order chi connectivity index (χ0) is 11.9. The van der Waals surface area contributed by atoms with Crippen molar-refractivity contribution in [3.63, 3.8) is 0 Å². The highest BCUT2D eigenvalue weighted by Gasteiger charge is 1.99. The third-order valence-corrected chi connectivity index (χ3v) is 2.30. The van der Waals surface area contributed by atoms with Crippen LogP contribution in [0.15, 0.2) is 42.7 Å². The Balaban J connectivity index is 1.98. The van der Waals surface area contributed by atoms with Crippen LogP contribution in [0, 0.1) is 0 Å². The molecule has 88 valence electrons. The number of ether oxygens (including phenoxy) is 1. The predicted octanol–water partition coefficient (Wildman–Crippen LogP) is 2.19. The predicted molar refractivity (Wildman–Crippen MR) is 64.0 cm³/mol. The second-order valence-corrected chi connectivity index (χ2v) is 3.60. The molecule has 0 bridgehead atoms. The molecule has 2 rings (SSSR count). The second-order valence-electron chi connectivity index (χ2n) is 3.60. The third-order valence-electron chi connectivity index (χ3n) is 2.30. The fourth-order valence-corrected chi connectivity index (χ4v) is 1.45. The van der Waals surface area contributed by atoms with Crippen LogP contribution in [0.2, 0.25) is 0 Å². The number of rotatable bonds is 5. The maximum Gasteiger partial charge on any atom is 0.321 e. The summed E-state index contributed by atoms with van der Waals surface area (Å²) in [5, 5.41) is 8.74. The van der Waals surface area contributed by atoms with Crippen LogP contribution in [-0.4, -0.2) is 21.7 Å². The first-order valence-corrected chi connectivity index (χ1v) is 5.53. The van der Waals surface area contributed by atoms with E-state index in [9.17, 15) is 0 Å². The lowest BCUT2D eigenvalue weighted by Crippen LogP contribution is -1.92. The van der Waals surface area contributed by atoms with Crippen LogP contribution in [0.3, 0.4) is 0 Å². The van der Waals surface area contributed by atoms with E-state index in [-0.39, 0.29) is 6.61 Å². The Kier molecular flexibility index (Phi) is 4.05. The lowest BCUT2D eigenvalue weighted by Gasteiger charge is -2.04. The average Bonchev–Trinajstić information content (AvgIpc) is 2.39. The number of aliphatic hydroxyl groups is 1. The van der Waals surface area contributed by atoms with Gasteiger partial charge in [-0.2, -0.15) is 0 Å². The molecule has 4 heteroatoms. The largest absolute Gasteiger partial charge is 0.424 e. The highest BCUT2D eigenvalue weighted by Crippen LogP contribution is 2.18. The number of aliphatic hydroxyl groups excluding tert-OH is 1. The lowest BCUT2D eigenvalue weighted by molar-refractivity contribution is 0.288. The van der Waals surface area contributed by atoms with E-state index in [0.717, 1.165) is 12.8 Å². The van der Waals surface area contributed by atoms with E-state index in [1.807, 2.05) is 24.3 Å². The summed E-state index contributed by atoms with van der Waals surface area (Å²) in [6, 6.07) is 9.80. The third kappa shape index (κ3) is 3.53. The molecule has 0 aliphatic heterocycles. The molecule has 0 spiro atoms. The minimum Gasteiger partial charge on any atom is -0.424 e. The molecule has 0 amide bonds. The molecule has 0 radical (unpaired) electrons. The summed E-state index contributed by atoms with van der Waals surface area (Å²) < 4.78 is 5.47. The molecular formula is C13H14N2O2. The minimum atomic E-state index is 0.218. The second kappa shape index (κ2) is 5.96. The zero-order valence-corrected chi connectivity index (χ0v) is 9.41. The fraction of sp³-hybridized carbons (Fsp3) is 0.231. The van der Waals surface area contributed by atoms with Crippen molar-refractivity contribution in [1.82, 2.24) is 9.97 Å². The van der Waals surface area contributed by atoms with Crippen molar-refractivity contribution in [3.05, 3.63) is 48.3 Å². The van der Waals surface area contributed by atoms with Gasteiger partial charge in [0.2, 0.25) is 0 Å². The van der Waals surface area contributed by atoms with Gasteiger partial charge in [-0.15, -0.1) is 0 Å². The lowest BCUT2D eigenvalue weighted by atomic mass is 10.1. The van der Waals surface area contributed by atoms with Crippen molar-refractivity contribution in [3.8, 4) is 11.8 Å². The Morgan fingerprint density at radius 1 is 1.06 bits per heavy atom. The van der Waals surface area contributed by atoms with Gasteiger partial charge in [-0.3, -0.25) is 0 Å². The summed E-state index contributed by atoms with van der Waals surface area (Å²) in [5.74, 6) is 0.712. The van der Waals surface area contributed by atoms with Crippen LogP contribution in [0.1, 0.15) is 12.0 Å². The highest BCUT2D eigenvalue weighted by molar-refractivity contribution is 5.29. The van der Waals surface area contributed by atoms with E-state index in [1.54, 1.807) is 18.5 Å². The molecule has 4 nitrogen and oxygen atoms in total. The van der Waals surface area contributed by atoms with Crippen LogP contribution in [-0.2, 0) is 6.42 Å². The Morgan fingerprint density at radius 2 is 1.76 bits per heavy atom. The number of aromatic nitrogens is 2. The summed E-state index contributed by atoms with van der Waals surface area (Å²) >= 11 is 0. The van der Waals surface area contributed by atoms with E-state index in [1.165, 1.54) is 5.56 Å². The van der Waals surface area contributed by atoms with E-state index in [0.29, 0.717) is 11.8 Å². The van der Waals surface area contributed by atoms with Crippen molar-refractivity contribution in [1.29, 1.82) is 0 Å². The molecule has 0 saturated carbocycles. The van der Waals surface area contributed by atoms with Crippen LogP contribution >= 0.6 is 0 Å². The standard InChI is InChI=1S/C13H14N2O2/c16-10-1-3-11-4-6-12(7-5-11)17-13-14-8-2-9-15-13/h2,4-9,16H,1,3,10H2.